The molecule has 0 saturated heterocycles. The number of furan rings is 4. The molecule has 266 valence electrons. The van der Waals surface area contributed by atoms with E-state index >= 15 is 8.78 Å². The molecule has 0 fully saturated rings. The topological polar surface area (TPSA) is 59.0 Å². The molecule has 8 aromatic carbocycles. The summed E-state index contributed by atoms with van der Waals surface area (Å²) in [6.45, 7) is 0. The van der Waals surface area contributed by atoms with Crippen LogP contribution in [0.3, 0.4) is 0 Å². The summed E-state index contributed by atoms with van der Waals surface area (Å²) in [5.41, 5.74) is 7.40. The standard InChI is InChI=1S/C48H26F2N2O4/c49-39-25-41(51(31-1-9-43-27(21-31)13-17-53-43)32-2-10-44-28(22-32)14-18-54-44)37-7-5-36-40(50)26-42(38-8-6-35(39)47(37)48(36)38)52(33-3-11-45-29(23-33)15-19-55-45)34-4-12-46-30(24-34)16-20-56-46/h1-26H. The molecule has 4 aromatic heterocycles. The van der Waals surface area contributed by atoms with E-state index in [4.69, 9.17) is 17.7 Å². The predicted molar refractivity (Wildman–Crippen MR) is 219 cm³/mol. The van der Waals surface area contributed by atoms with E-state index in [1.807, 2.05) is 119 Å². The summed E-state index contributed by atoms with van der Waals surface area (Å²) in [6, 6.07) is 41.8. The molecule has 0 unspecified atom stereocenters. The fraction of sp³-hybridized carbons (Fsp3) is 0. The third-order valence-corrected chi connectivity index (χ3v) is 11.0. The lowest BCUT2D eigenvalue weighted by molar-refractivity contribution is 0.615. The Bertz CT molecular complexity index is 3120. The van der Waals surface area contributed by atoms with E-state index in [-0.39, 0.29) is 0 Å². The van der Waals surface area contributed by atoms with Crippen LogP contribution in [-0.2, 0) is 0 Å². The molecular weight excluding hydrogens is 707 g/mol. The van der Waals surface area contributed by atoms with Crippen LogP contribution in [0.25, 0.3) is 76.2 Å². The van der Waals surface area contributed by atoms with Crippen LogP contribution in [-0.4, -0.2) is 0 Å². The van der Waals surface area contributed by atoms with Gasteiger partial charge in [-0.3, -0.25) is 0 Å². The van der Waals surface area contributed by atoms with Crippen molar-refractivity contribution in [3.63, 3.8) is 0 Å². The van der Waals surface area contributed by atoms with E-state index in [1.54, 1.807) is 49.3 Å². The van der Waals surface area contributed by atoms with Crippen molar-refractivity contribution in [1.82, 2.24) is 0 Å². The zero-order valence-electron chi connectivity index (χ0n) is 29.3. The second-order valence-corrected chi connectivity index (χ2v) is 14.1. The molecule has 0 atom stereocenters. The van der Waals surface area contributed by atoms with Crippen LogP contribution in [0.1, 0.15) is 0 Å². The number of rotatable bonds is 6. The van der Waals surface area contributed by atoms with Gasteiger partial charge in [0.05, 0.1) is 36.4 Å². The molecular formula is C48H26F2N2O4. The first-order valence-electron chi connectivity index (χ1n) is 18.1. The second kappa shape index (κ2) is 11.5. The van der Waals surface area contributed by atoms with Gasteiger partial charge in [0.2, 0.25) is 0 Å². The van der Waals surface area contributed by atoms with Crippen LogP contribution in [0.15, 0.2) is 176 Å². The summed E-state index contributed by atoms with van der Waals surface area (Å²) in [5, 5.41) is 7.22. The quantitative estimate of drug-likeness (QED) is 0.159. The molecule has 0 aliphatic carbocycles. The number of nitrogens with zero attached hydrogens (tertiary/aromatic N) is 2. The Morgan fingerprint density at radius 3 is 0.946 bits per heavy atom. The van der Waals surface area contributed by atoms with Gasteiger partial charge in [0.15, 0.2) is 0 Å². The highest BCUT2D eigenvalue weighted by Crippen LogP contribution is 2.49. The van der Waals surface area contributed by atoms with Crippen molar-refractivity contribution in [3.8, 4) is 0 Å². The van der Waals surface area contributed by atoms with Crippen LogP contribution in [0.2, 0.25) is 0 Å². The van der Waals surface area contributed by atoms with Gasteiger partial charge in [-0.1, -0.05) is 24.3 Å². The minimum atomic E-state index is -0.417. The summed E-state index contributed by atoms with van der Waals surface area (Å²) >= 11 is 0. The van der Waals surface area contributed by atoms with E-state index in [1.165, 1.54) is 0 Å². The van der Waals surface area contributed by atoms with Gasteiger partial charge in [0.1, 0.15) is 34.0 Å². The van der Waals surface area contributed by atoms with E-state index in [9.17, 15) is 0 Å². The first-order chi connectivity index (χ1) is 27.6. The molecule has 12 rings (SSSR count). The van der Waals surface area contributed by atoms with Crippen LogP contribution in [0, 0.1) is 11.6 Å². The Morgan fingerprint density at radius 1 is 0.321 bits per heavy atom. The van der Waals surface area contributed by atoms with Crippen LogP contribution >= 0.6 is 0 Å². The van der Waals surface area contributed by atoms with Gasteiger partial charge < -0.3 is 27.5 Å². The molecule has 0 N–H and O–H groups in total. The molecule has 12 aromatic rings. The van der Waals surface area contributed by atoms with Gasteiger partial charge in [-0.15, -0.1) is 0 Å². The molecule has 0 aliphatic rings. The Morgan fingerprint density at radius 2 is 0.625 bits per heavy atom. The van der Waals surface area contributed by atoms with Gasteiger partial charge in [-0.05, 0) is 109 Å². The van der Waals surface area contributed by atoms with E-state index in [0.29, 0.717) is 32.9 Å². The highest BCUT2D eigenvalue weighted by atomic mass is 19.1. The minimum Gasteiger partial charge on any atom is -0.464 e. The lowest BCUT2D eigenvalue weighted by atomic mass is 9.91. The number of anilines is 6. The van der Waals surface area contributed by atoms with Crippen molar-refractivity contribution in [1.29, 1.82) is 0 Å². The minimum absolute atomic E-state index is 0.403. The molecule has 0 aliphatic heterocycles. The van der Waals surface area contributed by atoms with Crippen molar-refractivity contribution in [2.45, 2.75) is 0 Å². The average molecular weight is 733 g/mol. The lowest BCUT2D eigenvalue weighted by Gasteiger charge is -2.29. The van der Waals surface area contributed by atoms with E-state index in [0.717, 1.165) is 77.4 Å². The Labute approximate surface area is 315 Å². The molecule has 6 nitrogen and oxygen atoms in total. The Kier molecular flexibility index (Phi) is 6.31. The second-order valence-electron chi connectivity index (χ2n) is 14.1. The smallest absolute Gasteiger partial charge is 0.133 e. The van der Waals surface area contributed by atoms with Gasteiger partial charge in [-0.25, -0.2) is 8.78 Å². The first-order valence-corrected chi connectivity index (χ1v) is 18.1. The average Bonchev–Trinajstić information content (AvgIpc) is 4.06. The van der Waals surface area contributed by atoms with Crippen molar-refractivity contribution >= 4 is 110 Å². The zero-order chi connectivity index (χ0) is 37.1. The van der Waals surface area contributed by atoms with Gasteiger partial charge in [0, 0.05) is 76.6 Å². The zero-order valence-corrected chi connectivity index (χ0v) is 29.3. The third-order valence-electron chi connectivity index (χ3n) is 11.0. The summed E-state index contributed by atoms with van der Waals surface area (Å²) < 4.78 is 56.4. The Balaban J connectivity index is 1.15. The van der Waals surface area contributed by atoms with Crippen LogP contribution < -0.4 is 9.80 Å². The third kappa shape index (κ3) is 4.47. The highest BCUT2D eigenvalue weighted by Gasteiger charge is 2.26. The largest absolute Gasteiger partial charge is 0.464 e. The normalized spacial score (nSPS) is 12.1. The molecule has 0 saturated carbocycles. The Hall–Kier alpha value is -7.58. The van der Waals surface area contributed by atoms with E-state index < -0.39 is 11.6 Å². The first kappa shape index (κ1) is 30.8. The number of benzene rings is 8. The SMILES string of the molecule is Fc1cc(N(c2ccc3occc3c2)c2ccc3occc3c2)c2ccc3c(F)cc(N(c4ccc5occc5c4)c4ccc5occc5c4)c4ccc1c2c34. The number of hydrogen-bond donors (Lipinski definition) is 0. The molecule has 8 heteroatoms. The summed E-state index contributed by atoms with van der Waals surface area (Å²) in [6.07, 6.45) is 6.62. The predicted octanol–water partition coefficient (Wildman–Crippen LogP) is 14.8. The maximum Gasteiger partial charge on any atom is 0.133 e. The van der Waals surface area contributed by atoms with Gasteiger partial charge >= 0.3 is 0 Å². The maximum atomic E-state index is 16.8. The summed E-state index contributed by atoms with van der Waals surface area (Å²) in [7, 11) is 0. The molecule has 0 amide bonds. The fourth-order valence-electron chi connectivity index (χ4n) is 8.47. The molecule has 4 heterocycles. The van der Waals surface area contributed by atoms with Crippen molar-refractivity contribution in [2.24, 2.45) is 0 Å². The fourth-order valence-corrected chi connectivity index (χ4v) is 8.47. The molecule has 0 bridgehead atoms. The molecule has 56 heavy (non-hydrogen) atoms. The molecule has 0 radical (unpaired) electrons. The number of halogens is 2. The van der Waals surface area contributed by atoms with Crippen LogP contribution in [0.4, 0.5) is 42.9 Å². The maximum absolute atomic E-state index is 16.8. The van der Waals surface area contributed by atoms with Gasteiger partial charge in [0.25, 0.3) is 0 Å². The van der Waals surface area contributed by atoms with Crippen molar-refractivity contribution < 1.29 is 26.4 Å². The van der Waals surface area contributed by atoms with Crippen molar-refractivity contribution in [2.75, 3.05) is 9.80 Å². The highest BCUT2D eigenvalue weighted by molar-refractivity contribution is 6.28. The van der Waals surface area contributed by atoms with Gasteiger partial charge in [-0.2, -0.15) is 0 Å². The monoisotopic (exact) mass is 732 g/mol. The van der Waals surface area contributed by atoms with Crippen molar-refractivity contribution in [3.05, 3.63) is 170 Å². The number of hydrogen-bond acceptors (Lipinski definition) is 6. The lowest BCUT2D eigenvalue weighted by Crippen LogP contribution is -2.12. The molecule has 0 spiro atoms. The van der Waals surface area contributed by atoms with E-state index in [2.05, 4.69) is 0 Å². The summed E-state index contributed by atoms with van der Waals surface area (Å²) in [5.74, 6) is -0.835. The van der Waals surface area contributed by atoms with Crippen LogP contribution in [0.5, 0.6) is 0 Å². The number of fused-ring (bicyclic) bond motifs is 4. The summed E-state index contributed by atoms with van der Waals surface area (Å²) in [4.78, 5) is 4.08.